The van der Waals surface area contributed by atoms with Gasteiger partial charge in [-0.3, -0.25) is 9.48 Å². The third kappa shape index (κ3) is 5.34. The van der Waals surface area contributed by atoms with Crippen LogP contribution in [0.2, 0.25) is 0 Å². The Balaban J connectivity index is 1.55. The Morgan fingerprint density at radius 1 is 1.31 bits per heavy atom. The number of carbonyl (C=O) groups is 1. The first-order valence-corrected chi connectivity index (χ1v) is 10.7. The van der Waals surface area contributed by atoms with E-state index in [-0.39, 0.29) is 28.4 Å². The minimum atomic E-state index is -4.65. The summed E-state index contributed by atoms with van der Waals surface area (Å²) in [5.41, 5.74) is -1.17. The van der Waals surface area contributed by atoms with Gasteiger partial charge in [0.2, 0.25) is 0 Å². The number of aliphatic hydroxyl groups excluding tert-OH is 1. The highest BCUT2D eigenvalue weighted by Crippen LogP contribution is 2.33. The molecule has 0 bridgehead atoms. The van der Waals surface area contributed by atoms with Crippen LogP contribution in [0.15, 0.2) is 48.8 Å². The third-order valence-electron chi connectivity index (χ3n) is 5.66. The maximum atomic E-state index is 15.0. The average Bonchev–Trinajstić information content (AvgIpc) is 3.33. The van der Waals surface area contributed by atoms with E-state index < -0.39 is 29.6 Å². The molecule has 2 aromatic carbocycles. The molecule has 1 aliphatic heterocycles. The van der Waals surface area contributed by atoms with Crippen molar-refractivity contribution >= 4 is 11.6 Å². The second-order valence-electron chi connectivity index (χ2n) is 8.09. The van der Waals surface area contributed by atoms with Crippen molar-refractivity contribution in [1.82, 2.24) is 9.78 Å². The Bertz CT molecular complexity index is 1280. The molecule has 0 saturated carbocycles. The summed E-state index contributed by atoms with van der Waals surface area (Å²) in [5.74, 6) is -1.89. The maximum absolute atomic E-state index is 15.0. The van der Waals surface area contributed by atoms with Gasteiger partial charge in [0.15, 0.2) is 6.10 Å². The van der Waals surface area contributed by atoms with Gasteiger partial charge in [-0.25, -0.2) is 4.39 Å². The highest BCUT2D eigenvalue weighted by atomic mass is 19.4. The van der Waals surface area contributed by atoms with Crippen LogP contribution in [0.25, 0.3) is 11.1 Å². The SMILES string of the molecule is N#Cc1cc(NC(=O)C(O)c2cccc(C(F)(F)F)c2)cc(F)c1-c1cnn(C2CCCOC2)c1. The van der Waals surface area contributed by atoms with Crippen LogP contribution in [0, 0.1) is 17.1 Å². The number of amides is 1. The molecule has 0 spiro atoms. The van der Waals surface area contributed by atoms with Crippen LogP contribution >= 0.6 is 0 Å². The number of halogens is 4. The lowest BCUT2D eigenvalue weighted by atomic mass is 10.0. The van der Waals surface area contributed by atoms with Gasteiger partial charge >= 0.3 is 6.18 Å². The van der Waals surface area contributed by atoms with Crippen molar-refractivity contribution in [3.05, 3.63) is 71.3 Å². The summed E-state index contributed by atoms with van der Waals surface area (Å²) in [5, 5.41) is 26.3. The first kappa shape index (κ1) is 24.4. The summed E-state index contributed by atoms with van der Waals surface area (Å²) in [6.45, 7) is 1.15. The molecule has 2 atom stereocenters. The fourth-order valence-electron chi connectivity index (χ4n) is 3.91. The Morgan fingerprint density at radius 2 is 2.11 bits per heavy atom. The molecule has 182 valence electrons. The molecule has 4 rings (SSSR count). The molecule has 2 N–H and O–H groups in total. The van der Waals surface area contributed by atoms with Gasteiger partial charge in [0.05, 0.1) is 36.0 Å². The van der Waals surface area contributed by atoms with Gasteiger partial charge in [0, 0.05) is 29.6 Å². The van der Waals surface area contributed by atoms with Gasteiger partial charge in [-0.15, -0.1) is 0 Å². The number of alkyl halides is 3. The zero-order valence-electron chi connectivity index (χ0n) is 18.2. The van der Waals surface area contributed by atoms with E-state index in [2.05, 4.69) is 10.4 Å². The zero-order valence-corrected chi connectivity index (χ0v) is 18.2. The van der Waals surface area contributed by atoms with Crippen LogP contribution in [0.5, 0.6) is 0 Å². The number of benzene rings is 2. The highest BCUT2D eigenvalue weighted by molar-refractivity contribution is 5.95. The van der Waals surface area contributed by atoms with Gasteiger partial charge < -0.3 is 15.2 Å². The highest BCUT2D eigenvalue weighted by Gasteiger charge is 2.31. The predicted molar refractivity (Wildman–Crippen MR) is 116 cm³/mol. The van der Waals surface area contributed by atoms with Crippen molar-refractivity contribution in [3.63, 3.8) is 0 Å². The normalized spacial score (nSPS) is 17.0. The van der Waals surface area contributed by atoms with Gasteiger partial charge in [-0.2, -0.15) is 23.5 Å². The van der Waals surface area contributed by atoms with E-state index in [4.69, 9.17) is 4.74 Å². The first-order valence-electron chi connectivity index (χ1n) is 10.7. The number of hydrogen-bond donors (Lipinski definition) is 2. The topological polar surface area (TPSA) is 100 Å². The van der Waals surface area contributed by atoms with Crippen LogP contribution in [-0.2, 0) is 15.7 Å². The number of rotatable bonds is 5. The molecule has 1 amide bonds. The van der Waals surface area contributed by atoms with E-state index in [1.807, 2.05) is 6.07 Å². The lowest BCUT2D eigenvalue weighted by molar-refractivity contribution is -0.138. The van der Waals surface area contributed by atoms with Crippen molar-refractivity contribution in [3.8, 4) is 17.2 Å². The van der Waals surface area contributed by atoms with Gasteiger partial charge in [-0.1, -0.05) is 12.1 Å². The van der Waals surface area contributed by atoms with Crippen molar-refractivity contribution in [1.29, 1.82) is 5.26 Å². The average molecular weight is 488 g/mol. The number of aliphatic hydroxyl groups is 1. The molecule has 0 aliphatic carbocycles. The van der Waals surface area contributed by atoms with Crippen molar-refractivity contribution in [2.24, 2.45) is 0 Å². The van der Waals surface area contributed by atoms with Gasteiger partial charge in [-0.05, 0) is 42.7 Å². The number of anilines is 1. The number of ether oxygens (including phenoxy) is 1. The smallest absolute Gasteiger partial charge is 0.379 e. The Hall–Kier alpha value is -3.75. The number of carbonyl (C=O) groups excluding carboxylic acids is 1. The van der Waals surface area contributed by atoms with Crippen LogP contribution in [-0.4, -0.2) is 34.0 Å². The molecule has 2 heterocycles. The molecule has 7 nitrogen and oxygen atoms in total. The second kappa shape index (κ2) is 9.85. The zero-order chi connectivity index (χ0) is 25.2. The van der Waals surface area contributed by atoms with Crippen LogP contribution in [0.3, 0.4) is 0 Å². The van der Waals surface area contributed by atoms with Crippen LogP contribution in [0.4, 0.5) is 23.2 Å². The van der Waals surface area contributed by atoms with Crippen molar-refractivity contribution in [2.75, 3.05) is 18.5 Å². The minimum Gasteiger partial charge on any atom is -0.379 e. The third-order valence-corrected chi connectivity index (χ3v) is 5.66. The summed E-state index contributed by atoms with van der Waals surface area (Å²) in [4.78, 5) is 12.4. The van der Waals surface area contributed by atoms with Crippen LogP contribution < -0.4 is 5.32 Å². The van der Waals surface area contributed by atoms with E-state index in [0.29, 0.717) is 24.8 Å². The van der Waals surface area contributed by atoms with Gasteiger partial charge in [0.25, 0.3) is 5.91 Å². The van der Waals surface area contributed by atoms with E-state index in [1.54, 1.807) is 10.9 Å². The molecule has 1 fully saturated rings. The number of aromatic nitrogens is 2. The largest absolute Gasteiger partial charge is 0.416 e. The molecule has 35 heavy (non-hydrogen) atoms. The van der Waals surface area contributed by atoms with E-state index in [0.717, 1.165) is 31.0 Å². The molecule has 3 aromatic rings. The summed E-state index contributed by atoms with van der Waals surface area (Å²) < 4.78 is 60.9. The minimum absolute atomic E-state index is 0.00185. The molecule has 1 aliphatic rings. The monoisotopic (exact) mass is 488 g/mol. The summed E-state index contributed by atoms with van der Waals surface area (Å²) in [6.07, 6.45) is -1.81. The Kier molecular flexibility index (Phi) is 6.86. The number of hydrogen-bond acceptors (Lipinski definition) is 5. The first-order chi connectivity index (χ1) is 16.7. The molecule has 1 saturated heterocycles. The maximum Gasteiger partial charge on any atom is 0.416 e. The summed E-state index contributed by atoms with van der Waals surface area (Å²) in [6, 6.07) is 7.77. The lowest BCUT2D eigenvalue weighted by Gasteiger charge is -2.22. The fraction of sp³-hybridized carbons (Fsp3) is 0.292. The number of nitrogens with one attached hydrogen (secondary N) is 1. The Labute approximate surface area is 197 Å². The number of nitrogens with zero attached hydrogens (tertiary/aromatic N) is 3. The second-order valence-corrected chi connectivity index (χ2v) is 8.09. The van der Waals surface area contributed by atoms with E-state index in [9.17, 15) is 28.3 Å². The molecule has 11 heteroatoms. The molecular weight excluding hydrogens is 468 g/mol. The standard InChI is InChI=1S/C24H20F4N4O3/c25-20-9-18(31-23(34)22(33)14-3-1-4-17(7-14)24(26,27)28)8-15(10-29)21(20)16-11-30-32(12-16)19-5-2-6-35-13-19/h1,3-4,7-9,11-12,19,22,33H,2,5-6,13H2,(H,31,34). The number of nitriles is 1. The van der Waals surface area contributed by atoms with Crippen molar-refractivity contribution < 1.29 is 32.2 Å². The van der Waals surface area contributed by atoms with Crippen molar-refractivity contribution in [2.45, 2.75) is 31.2 Å². The molecular formula is C24H20F4N4O3. The quantitative estimate of drug-likeness (QED) is 0.512. The van der Waals surface area contributed by atoms with Crippen LogP contribution in [0.1, 0.15) is 41.7 Å². The predicted octanol–water partition coefficient (Wildman–Crippen LogP) is 4.60. The molecule has 1 aromatic heterocycles. The van der Waals surface area contributed by atoms with E-state index >= 15 is 4.39 Å². The molecule has 2 unspecified atom stereocenters. The summed E-state index contributed by atoms with van der Waals surface area (Å²) >= 11 is 0. The lowest BCUT2D eigenvalue weighted by Crippen LogP contribution is -2.21. The Morgan fingerprint density at radius 3 is 2.80 bits per heavy atom. The van der Waals surface area contributed by atoms with Gasteiger partial charge in [0.1, 0.15) is 5.82 Å². The van der Waals surface area contributed by atoms with E-state index in [1.165, 1.54) is 18.3 Å². The fourth-order valence-corrected chi connectivity index (χ4v) is 3.91. The molecule has 0 radical (unpaired) electrons. The summed E-state index contributed by atoms with van der Waals surface area (Å²) in [7, 11) is 0.